The van der Waals surface area contributed by atoms with Gasteiger partial charge in [0.15, 0.2) is 0 Å². The number of hydrogen-bond acceptors (Lipinski definition) is 3. The van der Waals surface area contributed by atoms with Crippen molar-refractivity contribution in [1.29, 1.82) is 0 Å². The molecule has 0 aromatic carbocycles. The van der Waals surface area contributed by atoms with Gasteiger partial charge in [0.25, 0.3) is 10.2 Å². The Hall–Kier alpha value is -0.450. The van der Waals surface area contributed by atoms with Gasteiger partial charge in [-0.05, 0) is 6.42 Å². The van der Waals surface area contributed by atoms with E-state index >= 15 is 0 Å². The first-order valence-corrected chi connectivity index (χ1v) is 6.05. The van der Waals surface area contributed by atoms with Crippen LogP contribution in [-0.4, -0.2) is 56.9 Å². The first-order valence-electron chi connectivity index (χ1n) is 4.61. The normalized spacial score (nSPS) is 13.6. The number of aliphatic hydroxyl groups is 1. The minimum Gasteiger partial charge on any atom is -0.396 e. The topological polar surface area (TPSA) is 69.6 Å². The second kappa shape index (κ2) is 6.47. The van der Waals surface area contributed by atoms with E-state index < -0.39 is 29.1 Å². The standard InChI is InChI=1S/C7H14F4N2O3S/c1-13(3-2-4-14)17(15,16)12-5-7(10,11)6(8)9/h6,12,14H,2-5H2,1H3. The summed E-state index contributed by atoms with van der Waals surface area (Å²) < 4.78 is 73.0. The van der Waals surface area contributed by atoms with E-state index in [9.17, 15) is 26.0 Å². The van der Waals surface area contributed by atoms with Gasteiger partial charge in [0, 0.05) is 20.2 Å². The van der Waals surface area contributed by atoms with E-state index in [1.807, 2.05) is 0 Å². The smallest absolute Gasteiger partial charge is 0.320 e. The minimum atomic E-state index is -4.41. The molecule has 0 amide bonds. The molecule has 0 aliphatic carbocycles. The zero-order valence-corrected chi connectivity index (χ0v) is 9.85. The van der Waals surface area contributed by atoms with Crippen LogP contribution in [0.3, 0.4) is 0 Å². The Morgan fingerprint density at radius 1 is 1.41 bits per heavy atom. The van der Waals surface area contributed by atoms with Gasteiger partial charge in [0.2, 0.25) is 0 Å². The zero-order chi connectivity index (χ0) is 13.7. The molecule has 0 aromatic heterocycles. The second-order valence-electron chi connectivity index (χ2n) is 3.29. The van der Waals surface area contributed by atoms with E-state index in [1.165, 1.54) is 4.72 Å². The predicted molar refractivity (Wildman–Crippen MR) is 52.2 cm³/mol. The Bertz CT molecular complexity index is 323. The number of halogens is 4. The first-order chi connectivity index (χ1) is 7.63. The average molecular weight is 282 g/mol. The SMILES string of the molecule is CN(CCCO)S(=O)(=O)NCC(F)(F)C(F)F. The van der Waals surface area contributed by atoms with Gasteiger partial charge < -0.3 is 5.11 Å². The van der Waals surface area contributed by atoms with Crippen molar-refractivity contribution < 1.29 is 31.1 Å². The van der Waals surface area contributed by atoms with E-state index in [-0.39, 0.29) is 19.6 Å². The lowest BCUT2D eigenvalue weighted by atomic mass is 10.4. The van der Waals surface area contributed by atoms with Gasteiger partial charge >= 0.3 is 12.3 Å². The van der Waals surface area contributed by atoms with Crippen LogP contribution < -0.4 is 4.72 Å². The lowest BCUT2D eigenvalue weighted by Gasteiger charge is -2.20. The fourth-order valence-corrected chi connectivity index (χ4v) is 1.75. The van der Waals surface area contributed by atoms with Crippen LogP contribution in [0.4, 0.5) is 17.6 Å². The maximum Gasteiger partial charge on any atom is 0.320 e. The summed E-state index contributed by atoms with van der Waals surface area (Å²) in [5, 5.41) is 8.45. The van der Waals surface area contributed by atoms with Crippen LogP contribution >= 0.6 is 0 Å². The van der Waals surface area contributed by atoms with Crippen LogP contribution in [0.2, 0.25) is 0 Å². The number of hydrogen-bond donors (Lipinski definition) is 2. The van der Waals surface area contributed by atoms with Gasteiger partial charge in [-0.3, -0.25) is 0 Å². The molecule has 0 spiro atoms. The summed E-state index contributed by atoms with van der Waals surface area (Å²) in [7, 11) is -3.16. The molecular formula is C7H14F4N2O3S. The van der Waals surface area contributed by atoms with Gasteiger partial charge in [-0.1, -0.05) is 0 Å². The van der Waals surface area contributed by atoms with E-state index in [0.29, 0.717) is 4.31 Å². The highest BCUT2D eigenvalue weighted by Gasteiger charge is 2.41. The van der Waals surface area contributed by atoms with Crippen molar-refractivity contribution in [3.8, 4) is 0 Å². The van der Waals surface area contributed by atoms with Crippen LogP contribution in [0, 0.1) is 0 Å². The van der Waals surface area contributed by atoms with Crippen molar-refractivity contribution in [3.63, 3.8) is 0 Å². The van der Waals surface area contributed by atoms with Gasteiger partial charge in [0.1, 0.15) is 0 Å². The number of rotatable bonds is 8. The molecule has 0 atom stereocenters. The summed E-state index contributed by atoms with van der Waals surface area (Å²) >= 11 is 0. The fourth-order valence-electron chi connectivity index (χ4n) is 0.788. The molecule has 5 nitrogen and oxygen atoms in total. The lowest BCUT2D eigenvalue weighted by molar-refractivity contribution is -0.122. The largest absolute Gasteiger partial charge is 0.396 e. The molecule has 2 N–H and O–H groups in total. The van der Waals surface area contributed by atoms with Gasteiger partial charge in [0.05, 0.1) is 6.54 Å². The molecule has 0 aromatic rings. The summed E-state index contributed by atoms with van der Waals surface area (Å²) in [6.07, 6.45) is -3.82. The molecule has 0 bridgehead atoms. The predicted octanol–water partition coefficient (Wildman–Crippen LogP) is 0.0354. The molecule has 0 fully saturated rings. The second-order valence-corrected chi connectivity index (χ2v) is 5.15. The molecule has 0 saturated carbocycles. The van der Waals surface area contributed by atoms with Crippen LogP contribution in [0.1, 0.15) is 6.42 Å². The molecule has 0 saturated heterocycles. The molecule has 0 unspecified atom stereocenters. The van der Waals surface area contributed by atoms with E-state index in [1.54, 1.807) is 0 Å². The maximum absolute atomic E-state index is 12.5. The van der Waals surface area contributed by atoms with Gasteiger partial charge in [-0.2, -0.15) is 26.2 Å². The van der Waals surface area contributed by atoms with Crippen molar-refractivity contribution >= 4 is 10.2 Å². The quantitative estimate of drug-likeness (QED) is 0.617. The third kappa shape index (κ3) is 5.61. The number of alkyl halides is 4. The van der Waals surface area contributed by atoms with E-state index in [0.717, 1.165) is 7.05 Å². The summed E-state index contributed by atoms with van der Waals surface area (Å²) in [5.41, 5.74) is 0. The molecular weight excluding hydrogens is 268 g/mol. The summed E-state index contributed by atoms with van der Waals surface area (Å²) in [4.78, 5) is 0. The number of aliphatic hydroxyl groups excluding tert-OH is 1. The van der Waals surface area contributed by atoms with Crippen LogP contribution in [0.25, 0.3) is 0 Å². The Labute approximate surface area is 96.6 Å². The lowest BCUT2D eigenvalue weighted by Crippen LogP contribution is -2.46. The Kier molecular flexibility index (Phi) is 6.30. The summed E-state index contributed by atoms with van der Waals surface area (Å²) in [5.74, 6) is -4.41. The van der Waals surface area contributed by atoms with Crippen molar-refractivity contribution in [1.82, 2.24) is 9.03 Å². The number of nitrogens with zero attached hydrogens (tertiary/aromatic N) is 1. The zero-order valence-electron chi connectivity index (χ0n) is 9.04. The molecule has 10 heteroatoms. The van der Waals surface area contributed by atoms with Crippen molar-refractivity contribution in [3.05, 3.63) is 0 Å². The highest BCUT2D eigenvalue weighted by Crippen LogP contribution is 2.21. The van der Waals surface area contributed by atoms with Crippen LogP contribution in [0.5, 0.6) is 0 Å². The average Bonchev–Trinajstić information content (AvgIpc) is 2.23. The van der Waals surface area contributed by atoms with Gasteiger partial charge in [-0.15, -0.1) is 0 Å². The highest BCUT2D eigenvalue weighted by molar-refractivity contribution is 7.87. The number of nitrogens with one attached hydrogen (secondary N) is 1. The molecule has 0 rings (SSSR count). The van der Waals surface area contributed by atoms with E-state index in [2.05, 4.69) is 0 Å². The minimum absolute atomic E-state index is 0.105. The molecule has 0 aliphatic rings. The monoisotopic (exact) mass is 282 g/mol. The van der Waals surface area contributed by atoms with Crippen LogP contribution in [-0.2, 0) is 10.2 Å². The van der Waals surface area contributed by atoms with Crippen molar-refractivity contribution in [2.24, 2.45) is 0 Å². The third-order valence-electron chi connectivity index (χ3n) is 1.85. The molecule has 17 heavy (non-hydrogen) atoms. The van der Waals surface area contributed by atoms with Gasteiger partial charge in [-0.25, -0.2) is 8.78 Å². The summed E-state index contributed by atoms with van der Waals surface area (Å²) in [6.45, 7) is -2.05. The van der Waals surface area contributed by atoms with Crippen molar-refractivity contribution in [2.75, 3.05) is 26.7 Å². The maximum atomic E-state index is 12.5. The Morgan fingerprint density at radius 3 is 2.35 bits per heavy atom. The third-order valence-corrected chi connectivity index (χ3v) is 3.36. The molecule has 0 aliphatic heterocycles. The fraction of sp³-hybridized carbons (Fsp3) is 1.00. The molecule has 0 radical (unpaired) electrons. The summed E-state index contributed by atoms with van der Waals surface area (Å²) in [6, 6.07) is 0. The Morgan fingerprint density at radius 2 is 1.94 bits per heavy atom. The molecule has 0 heterocycles. The van der Waals surface area contributed by atoms with Crippen LogP contribution in [0.15, 0.2) is 0 Å². The van der Waals surface area contributed by atoms with E-state index in [4.69, 9.17) is 5.11 Å². The van der Waals surface area contributed by atoms with Crippen molar-refractivity contribution in [2.45, 2.75) is 18.8 Å². The molecule has 104 valence electrons. The Balaban J connectivity index is 4.37. The first kappa shape index (κ1) is 16.6. The highest BCUT2D eigenvalue weighted by atomic mass is 32.2.